The molecule has 2 atom stereocenters. The van der Waals surface area contributed by atoms with Gasteiger partial charge in [-0.3, -0.25) is 14.3 Å². The molecule has 2 N–H and O–H groups in total. The van der Waals surface area contributed by atoms with Crippen LogP contribution in [0.2, 0.25) is 0 Å². The lowest BCUT2D eigenvalue weighted by molar-refractivity contribution is -0.126. The zero-order valence-electron chi connectivity index (χ0n) is 18.5. The number of anilines is 1. The quantitative estimate of drug-likeness (QED) is 0.588. The number of carbonyl (C=O) groups excluding carboxylic acids is 2. The molecule has 2 aliphatic heterocycles. The Balaban J connectivity index is 1.28. The molecule has 1 aliphatic carbocycles. The smallest absolute Gasteiger partial charge is 0.264 e. The predicted octanol–water partition coefficient (Wildman–Crippen LogP) is 3.66. The summed E-state index contributed by atoms with van der Waals surface area (Å²) >= 11 is 1.11. The first-order valence-corrected chi connectivity index (χ1v) is 13.4. The molecule has 11 heteroatoms. The summed E-state index contributed by atoms with van der Waals surface area (Å²) in [5.74, 6) is -0.266. The number of hydrogen-bond donors (Lipinski definition) is 2. The molecule has 0 spiro atoms. The van der Waals surface area contributed by atoms with Gasteiger partial charge in [-0.15, -0.1) is 0 Å². The highest BCUT2D eigenvalue weighted by Crippen LogP contribution is 2.35. The van der Waals surface area contributed by atoms with E-state index in [1.54, 1.807) is 36.4 Å². The second kappa shape index (κ2) is 9.67. The van der Waals surface area contributed by atoms with E-state index in [0.717, 1.165) is 37.4 Å². The minimum absolute atomic E-state index is 0.0170. The molecule has 1 saturated carbocycles. The standard InChI is InChI=1S/C24H22N4O5S2/c29-22-15(14-33-19-6-2-1-5-18(19)22)13-20-23(30)27-24(34-20)26-16-8-10-17(11-9-16)35(31,32)28-21-7-3-4-12-25-21/h3-4,7-14,18-19H,1-2,5-6H2,(H,25,28)(H,26,27,30)/b20-13+. The van der Waals surface area contributed by atoms with E-state index in [-0.39, 0.29) is 34.4 Å². The average Bonchev–Trinajstić information content (AvgIpc) is 3.20. The highest BCUT2D eigenvalue weighted by atomic mass is 32.2. The normalized spacial score (nSPS) is 24.5. The van der Waals surface area contributed by atoms with E-state index in [9.17, 15) is 18.0 Å². The van der Waals surface area contributed by atoms with Gasteiger partial charge in [0.05, 0.1) is 33.2 Å². The number of fused-ring (bicyclic) bond motifs is 1. The SMILES string of the molecule is O=C1NC(=Nc2ccc(S(=O)(=O)Nc3ccccn3)cc2)S/C1=C/C1=COC2CCCCC2C1=O. The third-order valence-corrected chi connectivity index (χ3v) is 8.19. The van der Waals surface area contributed by atoms with Crippen molar-refractivity contribution < 1.29 is 22.7 Å². The summed E-state index contributed by atoms with van der Waals surface area (Å²) in [6.07, 6.45) is 8.19. The zero-order valence-corrected chi connectivity index (χ0v) is 20.1. The van der Waals surface area contributed by atoms with Crippen molar-refractivity contribution >= 4 is 50.1 Å². The molecular weight excluding hydrogens is 488 g/mol. The lowest BCUT2D eigenvalue weighted by Gasteiger charge is -2.33. The monoisotopic (exact) mass is 510 g/mol. The van der Waals surface area contributed by atoms with Crippen LogP contribution in [0, 0.1) is 5.92 Å². The van der Waals surface area contributed by atoms with Crippen LogP contribution in [-0.4, -0.2) is 36.4 Å². The van der Waals surface area contributed by atoms with Crippen LogP contribution in [0.4, 0.5) is 11.5 Å². The van der Waals surface area contributed by atoms with Crippen LogP contribution in [-0.2, 0) is 24.3 Å². The number of nitrogens with one attached hydrogen (secondary N) is 2. The van der Waals surface area contributed by atoms with Crippen molar-refractivity contribution in [3.63, 3.8) is 0 Å². The average molecular weight is 511 g/mol. The Kier molecular flexibility index (Phi) is 6.44. The van der Waals surface area contributed by atoms with Crippen LogP contribution in [0.15, 0.2) is 81.4 Å². The molecule has 1 saturated heterocycles. The summed E-state index contributed by atoms with van der Waals surface area (Å²) < 4.78 is 33.3. The summed E-state index contributed by atoms with van der Waals surface area (Å²) in [7, 11) is -3.80. The lowest BCUT2D eigenvalue weighted by Crippen LogP contribution is -2.36. The number of sulfonamides is 1. The number of hydrogen-bond acceptors (Lipinski definition) is 8. The first-order valence-electron chi connectivity index (χ1n) is 11.1. The Morgan fingerprint density at radius 1 is 1.11 bits per heavy atom. The second-order valence-corrected chi connectivity index (χ2v) is 11.0. The number of benzene rings is 1. The summed E-state index contributed by atoms with van der Waals surface area (Å²) in [6, 6.07) is 10.9. The summed E-state index contributed by atoms with van der Waals surface area (Å²) in [5.41, 5.74) is 0.856. The molecule has 2 unspecified atom stereocenters. The molecule has 5 rings (SSSR count). The number of thioether (sulfide) groups is 1. The molecule has 2 aromatic rings. The van der Waals surface area contributed by atoms with Gasteiger partial charge >= 0.3 is 0 Å². The molecule has 1 aromatic carbocycles. The van der Waals surface area contributed by atoms with Gasteiger partial charge < -0.3 is 10.1 Å². The van der Waals surface area contributed by atoms with Crippen LogP contribution in [0.25, 0.3) is 0 Å². The van der Waals surface area contributed by atoms with Crippen LogP contribution in [0.3, 0.4) is 0 Å². The number of rotatable bonds is 5. The molecule has 1 amide bonds. The molecule has 2 fully saturated rings. The first-order chi connectivity index (χ1) is 16.9. The molecule has 9 nitrogen and oxygen atoms in total. The van der Waals surface area contributed by atoms with Gasteiger partial charge in [-0.25, -0.2) is 18.4 Å². The molecule has 1 aromatic heterocycles. The van der Waals surface area contributed by atoms with Crippen molar-refractivity contribution in [2.75, 3.05) is 4.72 Å². The third kappa shape index (κ3) is 5.15. The van der Waals surface area contributed by atoms with Gasteiger partial charge in [0.2, 0.25) is 0 Å². The largest absolute Gasteiger partial charge is 0.497 e. The van der Waals surface area contributed by atoms with Gasteiger partial charge in [0, 0.05) is 6.20 Å². The van der Waals surface area contributed by atoms with E-state index in [1.165, 1.54) is 24.6 Å². The number of amides is 1. The molecule has 0 bridgehead atoms. The van der Waals surface area contributed by atoms with Gasteiger partial charge in [-0.2, -0.15) is 0 Å². The van der Waals surface area contributed by atoms with Crippen molar-refractivity contribution in [2.45, 2.75) is 36.7 Å². The lowest BCUT2D eigenvalue weighted by atomic mass is 9.80. The predicted molar refractivity (Wildman–Crippen MR) is 132 cm³/mol. The van der Waals surface area contributed by atoms with E-state index in [2.05, 4.69) is 20.0 Å². The highest BCUT2D eigenvalue weighted by Gasteiger charge is 2.37. The number of aliphatic imine (C=N–C) groups is 1. The minimum Gasteiger partial charge on any atom is -0.497 e. The van der Waals surface area contributed by atoms with Gasteiger partial charge in [-0.05, 0) is 73.5 Å². The fourth-order valence-electron chi connectivity index (χ4n) is 4.16. The van der Waals surface area contributed by atoms with Gasteiger partial charge in [0.1, 0.15) is 11.9 Å². The Morgan fingerprint density at radius 3 is 2.69 bits per heavy atom. The van der Waals surface area contributed by atoms with E-state index < -0.39 is 10.0 Å². The summed E-state index contributed by atoms with van der Waals surface area (Å²) in [4.78, 5) is 34.0. The second-order valence-electron chi connectivity index (χ2n) is 8.30. The number of Topliss-reactive ketones (excluding diaryl/α,β-unsaturated/α-hetero) is 1. The number of ketones is 1. The van der Waals surface area contributed by atoms with Crippen molar-refractivity contribution in [1.82, 2.24) is 10.3 Å². The van der Waals surface area contributed by atoms with Crippen molar-refractivity contribution in [3.05, 3.63) is 71.5 Å². The molecule has 3 heterocycles. The Bertz CT molecular complexity index is 1350. The molecule has 3 aliphatic rings. The molecular formula is C24H22N4O5S2. The fraction of sp³-hybridized carbons (Fsp3) is 0.250. The number of nitrogens with zero attached hydrogens (tertiary/aromatic N) is 2. The van der Waals surface area contributed by atoms with Gasteiger partial charge in [0.25, 0.3) is 15.9 Å². The fourth-order valence-corrected chi connectivity index (χ4v) is 6.00. The van der Waals surface area contributed by atoms with Gasteiger partial charge in [-0.1, -0.05) is 12.5 Å². The maximum Gasteiger partial charge on any atom is 0.264 e. The number of amidine groups is 1. The number of ether oxygens (including phenoxy) is 1. The summed E-state index contributed by atoms with van der Waals surface area (Å²) in [5, 5.41) is 3.02. The van der Waals surface area contributed by atoms with Crippen LogP contribution < -0.4 is 10.0 Å². The molecule has 0 radical (unpaired) electrons. The first kappa shape index (κ1) is 23.3. The van der Waals surface area contributed by atoms with E-state index >= 15 is 0 Å². The van der Waals surface area contributed by atoms with Crippen molar-refractivity contribution in [1.29, 1.82) is 0 Å². The van der Waals surface area contributed by atoms with E-state index in [1.807, 2.05) is 0 Å². The number of carbonyl (C=O) groups is 2. The van der Waals surface area contributed by atoms with Gasteiger partial charge in [0.15, 0.2) is 11.0 Å². The maximum atomic E-state index is 12.8. The highest BCUT2D eigenvalue weighted by molar-refractivity contribution is 8.18. The number of aromatic nitrogens is 1. The van der Waals surface area contributed by atoms with Crippen LogP contribution in [0.1, 0.15) is 25.7 Å². The maximum absolute atomic E-state index is 12.8. The summed E-state index contributed by atoms with van der Waals surface area (Å²) in [6.45, 7) is 0. The Labute approximate surface area is 206 Å². The molecule has 180 valence electrons. The Morgan fingerprint density at radius 2 is 1.91 bits per heavy atom. The number of pyridine rings is 1. The van der Waals surface area contributed by atoms with Crippen LogP contribution >= 0.6 is 11.8 Å². The van der Waals surface area contributed by atoms with Crippen LogP contribution in [0.5, 0.6) is 0 Å². The minimum atomic E-state index is -3.80. The van der Waals surface area contributed by atoms with Crippen molar-refractivity contribution in [2.24, 2.45) is 10.9 Å². The Hall–Kier alpha value is -3.44. The molecule has 35 heavy (non-hydrogen) atoms. The van der Waals surface area contributed by atoms with E-state index in [0.29, 0.717) is 21.3 Å². The third-order valence-electron chi connectivity index (χ3n) is 5.91. The topological polar surface area (TPSA) is 127 Å². The van der Waals surface area contributed by atoms with Crippen molar-refractivity contribution in [3.8, 4) is 0 Å². The van der Waals surface area contributed by atoms with E-state index in [4.69, 9.17) is 4.74 Å². The zero-order chi connectivity index (χ0) is 24.4. The number of allylic oxidation sites excluding steroid dienone is 2.